The lowest BCUT2D eigenvalue weighted by molar-refractivity contribution is -0.153. The summed E-state index contributed by atoms with van der Waals surface area (Å²) in [4.78, 5) is 25.4. The minimum absolute atomic E-state index is 0.0720. The number of carboxylic acids is 1. The van der Waals surface area contributed by atoms with E-state index in [9.17, 15) is 14.7 Å². The molecule has 1 saturated carbocycles. The number of amides is 1. The molecule has 0 radical (unpaired) electrons. The Morgan fingerprint density at radius 1 is 1.39 bits per heavy atom. The van der Waals surface area contributed by atoms with Crippen molar-refractivity contribution in [2.75, 3.05) is 6.54 Å². The van der Waals surface area contributed by atoms with E-state index in [2.05, 4.69) is 6.58 Å². The van der Waals surface area contributed by atoms with Crippen molar-refractivity contribution in [1.82, 2.24) is 4.90 Å². The highest BCUT2D eigenvalue weighted by Crippen LogP contribution is 2.41. The van der Waals surface area contributed by atoms with Gasteiger partial charge in [-0.05, 0) is 26.7 Å². The molecule has 1 aliphatic carbocycles. The molecule has 0 heterocycles. The monoisotopic (exact) mass is 253 g/mol. The zero-order valence-electron chi connectivity index (χ0n) is 11.3. The SMILES string of the molecule is C=CCN(C(=O)CC1(C(=O)O)CCCC1)C(C)C. The van der Waals surface area contributed by atoms with Crippen LogP contribution in [0.1, 0.15) is 46.0 Å². The third kappa shape index (κ3) is 3.12. The third-order valence-electron chi connectivity index (χ3n) is 3.77. The second-order valence-electron chi connectivity index (χ2n) is 5.40. The van der Waals surface area contributed by atoms with E-state index in [-0.39, 0.29) is 18.4 Å². The van der Waals surface area contributed by atoms with Gasteiger partial charge in [0.2, 0.25) is 5.91 Å². The predicted molar refractivity (Wildman–Crippen MR) is 70.2 cm³/mol. The van der Waals surface area contributed by atoms with Gasteiger partial charge in [0.15, 0.2) is 0 Å². The number of hydrogen-bond donors (Lipinski definition) is 1. The quantitative estimate of drug-likeness (QED) is 0.740. The summed E-state index contributed by atoms with van der Waals surface area (Å²) in [6.07, 6.45) is 4.85. The van der Waals surface area contributed by atoms with E-state index in [1.807, 2.05) is 13.8 Å². The molecule has 0 aromatic heterocycles. The molecule has 18 heavy (non-hydrogen) atoms. The fourth-order valence-corrected chi connectivity index (χ4v) is 2.65. The minimum atomic E-state index is -0.828. The van der Waals surface area contributed by atoms with Crippen molar-refractivity contribution in [3.63, 3.8) is 0 Å². The maximum Gasteiger partial charge on any atom is 0.310 e. The van der Waals surface area contributed by atoms with E-state index in [0.29, 0.717) is 19.4 Å². The summed E-state index contributed by atoms with van der Waals surface area (Å²) in [6.45, 7) is 7.99. The normalized spacial score (nSPS) is 17.7. The molecule has 1 N–H and O–H groups in total. The van der Waals surface area contributed by atoms with Crippen molar-refractivity contribution in [3.8, 4) is 0 Å². The maximum atomic E-state index is 12.3. The van der Waals surface area contributed by atoms with Crippen LogP contribution in [-0.4, -0.2) is 34.5 Å². The van der Waals surface area contributed by atoms with Gasteiger partial charge in [0.25, 0.3) is 0 Å². The lowest BCUT2D eigenvalue weighted by atomic mass is 9.82. The van der Waals surface area contributed by atoms with Gasteiger partial charge in [0.1, 0.15) is 0 Å². The minimum Gasteiger partial charge on any atom is -0.481 e. The number of rotatable bonds is 6. The number of carboxylic acid groups (broad SMARTS) is 1. The molecule has 4 heteroatoms. The molecule has 102 valence electrons. The first-order valence-electron chi connectivity index (χ1n) is 6.57. The first kappa shape index (κ1) is 14.7. The summed E-state index contributed by atoms with van der Waals surface area (Å²) >= 11 is 0. The lowest BCUT2D eigenvalue weighted by Gasteiger charge is -2.30. The summed E-state index contributed by atoms with van der Waals surface area (Å²) in [6, 6.07) is 0.0720. The Morgan fingerprint density at radius 3 is 2.33 bits per heavy atom. The van der Waals surface area contributed by atoms with Gasteiger partial charge in [-0.3, -0.25) is 9.59 Å². The lowest BCUT2D eigenvalue weighted by Crippen LogP contribution is -2.41. The number of carbonyl (C=O) groups is 2. The van der Waals surface area contributed by atoms with E-state index >= 15 is 0 Å². The van der Waals surface area contributed by atoms with E-state index in [0.717, 1.165) is 12.8 Å². The van der Waals surface area contributed by atoms with Crippen molar-refractivity contribution in [1.29, 1.82) is 0 Å². The molecule has 0 spiro atoms. The van der Waals surface area contributed by atoms with Crippen LogP contribution < -0.4 is 0 Å². The topological polar surface area (TPSA) is 57.6 Å². The van der Waals surface area contributed by atoms with Gasteiger partial charge < -0.3 is 10.0 Å². The summed E-state index contributed by atoms with van der Waals surface area (Å²) < 4.78 is 0. The smallest absolute Gasteiger partial charge is 0.310 e. The molecule has 0 aliphatic heterocycles. The molecule has 0 unspecified atom stereocenters. The van der Waals surface area contributed by atoms with Crippen molar-refractivity contribution >= 4 is 11.9 Å². The molecular formula is C14H23NO3. The van der Waals surface area contributed by atoms with Gasteiger partial charge in [-0.1, -0.05) is 18.9 Å². The zero-order chi connectivity index (χ0) is 13.8. The summed E-state index contributed by atoms with van der Waals surface area (Å²) in [5, 5.41) is 9.37. The largest absolute Gasteiger partial charge is 0.481 e. The molecule has 0 aromatic rings. The number of aliphatic carboxylic acids is 1. The fraction of sp³-hybridized carbons (Fsp3) is 0.714. The Bertz CT molecular complexity index is 330. The second kappa shape index (κ2) is 6.03. The van der Waals surface area contributed by atoms with Crippen LogP contribution in [0.3, 0.4) is 0 Å². The summed E-state index contributed by atoms with van der Waals surface area (Å²) in [5.74, 6) is -0.898. The molecule has 0 atom stereocenters. The van der Waals surface area contributed by atoms with Crippen molar-refractivity contribution in [3.05, 3.63) is 12.7 Å². The first-order chi connectivity index (χ1) is 8.43. The van der Waals surface area contributed by atoms with Crippen LogP contribution in [0.15, 0.2) is 12.7 Å². The molecule has 1 aliphatic rings. The Hall–Kier alpha value is -1.32. The third-order valence-corrected chi connectivity index (χ3v) is 3.77. The van der Waals surface area contributed by atoms with Crippen LogP contribution in [0.25, 0.3) is 0 Å². The predicted octanol–water partition coefficient (Wildman–Crippen LogP) is 2.44. The van der Waals surface area contributed by atoms with E-state index in [1.165, 1.54) is 0 Å². The van der Waals surface area contributed by atoms with Crippen LogP contribution >= 0.6 is 0 Å². The van der Waals surface area contributed by atoms with Gasteiger partial charge >= 0.3 is 5.97 Å². The Labute approximate surface area is 109 Å². The highest BCUT2D eigenvalue weighted by Gasteiger charge is 2.43. The molecule has 1 amide bonds. The number of carbonyl (C=O) groups excluding carboxylic acids is 1. The summed E-state index contributed by atoms with van der Waals surface area (Å²) in [7, 11) is 0. The van der Waals surface area contributed by atoms with Gasteiger partial charge in [-0.25, -0.2) is 0 Å². The number of nitrogens with zero attached hydrogens (tertiary/aromatic N) is 1. The van der Waals surface area contributed by atoms with E-state index in [1.54, 1.807) is 11.0 Å². The maximum absolute atomic E-state index is 12.3. The Balaban J connectivity index is 2.77. The molecule has 1 rings (SSSR count). The van der Waals surface area contributed by atoms with Gasteiger partial charge in [-0.15, -0.1) is 6.58 Å². The van der Waals surface area contributed by atoms with Gasteiger partial charge in [0.05, 0.1) is 5.41 Å². The van der Waals surface area contributed by atoms with Crippen LogP contribution in [0.2, 0.25) is 0 Å². The average Bonchev–Trinajstić information content (AvgIpc) is 2.75. The van der Waals surface area contributed by atoms with Crippen molar-refractivity contribution in [2.45, 2.75) is 52.0 Å². The molecule has 0 bridgehead atoms. The van der Waals surface area contributed by atoms with Crippen LogP contribution in [-0.2, 0) is 9.59 Å². The van der Waals surface area contributed by atoms with E-state index in [4.69, 9.17) is 0 Å². The molecule has 1 fully saturated rings. The average molecular weight is 253 g/mol. The van der Waals surface area contributed by atoms with Crippen LogP contribution in [0.4, 0.5) is 0 Å². The fourth-order valence-electron chi connectivity index (χ4n) is 2.65. The molecule has 4 nitrogen and oxygen atoms in total. The van der Waals surface area contributed by atoms with Crippen LogP contribution in [0.5, 0.6) is 0 Å². The zero-order valence-corrected chi connectivity index (χ0v) is 11.3. The molecule has 0 aromatic carbocycles. The van der Waals surface area contributed by atoms with Gasteiger partial charge in [-0.2, -0.15) is 0 Å². The Kier molecular flexibility index (Phi) is 4.93. The highest BCUT2D eigenvalue weighted by atomic mass is 16.4. The van der Waals surface area contributed by atoms with Crippen LogP contribution in [0, 0.1) is 5.41 Å². The Morgan fingerprint density at radius 2 is 1.94 bits per heavy atom. The van der Waals surface area contributed by atoms with Crippen molar-refractivity contribution in [2.24, 2.45) is 5.41 Å². The summed E-state index contributed by atoms with van der Waals surface area (Å²) in [5.41, 5.74) is -0.828. The highest BCUT2D eigenvalue weighted by molar-refractivity contribution is 5.85. The van der Waals surface area contributed by atoms with Gasteiger partial charge in [0, 0.05) is 19.0 Å². The molecule has 0 saturated heterocycles. The number of hydrogen-bond acceptors (Lipinski definition) is 2. The standard InChI is InChI=1S/C14H23NO3/c1-4-9-15(11(2)3)12(16)10-14(13(17)18)7-5-6-8-14/h4,11H,1,5-10H2,2-3H3,(H,17,18). The van der Waals surface area contributed by atoms with E-state index < -0.39 is 11.4 Å². The molecular weight excluding hydrogens is 230 g/mol. The van der Waals surface area contributed by atoms with Crippen molar-refractivity contribution < 1.29 is 14.7 Å². The second-order valence-corrected chi connectivity index (χ2v) is 5.40. The first-order valence-corrected chi connectivity index (χ1v) is 6.57.